The van der Waals surface area contributed by atoms with Crippen molar-refractivity contribution < 1.29 is 9.18 Å². The van der Waals surface area contributed by atoms with Crippen LogP contribution in [0.25, 0.3) is 0 Å². The van der Waals surface area contributed by atoms with Gasteiger partial charge < -0.3 is 5.32 Å². The minimum atomic E-state index is -0.388. The van der Waals surface area contributed by atoms with Gasteiger partial charge in [0.05, 0.1) is 0 Å². The number of amides is 1. The third-order valence-corrected chi connectivity index (χ3v) is 2.31. The van der Waals surface area contributed by atoms with E-state index in [-0.39, 0.29) is 11.7 Å². The number of nitrogens with zero attached hydrogens (tertiary/aromatic N) is 2. The molecule has 0 saturated heterocycles. The van der Waals surface area contributed by atoms with Crippen LogP contribution in [0.15, 0.2) is 30.5 Å². The number of hydrogen-bond donors (Lipinski definition) is 1. The van der Waals surface area contributed by atoms with E-state index in [2.05, 4.69) is 10.4 Å². The highest BCUT2D eigenvalue weighted by Crippen LogP contribution is 2.12. The maximum atomic E-state index is 12.9. The Hall–Kier alpha value is -2.17. The van der Waals surface area contributed by atoms with Gasteiger partial charge in [0, 0.05) is 24.5 Å². The van der Waals surface area contributed by atoms with Crippen molar-refractivity contribution in [3.63, 3.8) is 0 Å². The molecule has 88 valence electrons. The van der Waals surface area contributed by atoms with Gasteiger partial charge >= 0.3 is 0 Å². The van der Waals surface area contributed by atoms with Crippen LogP contribution in [0.5, 0.6) is 0 Å². The largest absolute Gasteiger partial charge is 0.320 e. The van der Waals surface area contributed by atoms with Crippen molar-refractivity contribution >= 4 is 11.6 Å². The standard InChI is InChI=1S/C12H12FN3O/c1-8-7-16(2)15-11(8)12(17)14-10-5-3-4-9(13)6-10/h3-7H,1-2H3,(H,14,17). The van der Waals surface area contributed by atoms with Crippen molar-refractivity contribution in [3.8, 4) is 0 Å². The number of rotatable bonds is 2. The molecule has 0 aliphatic carbocycles. The lowest BCUT2D eigenvalue weighted by Gasteiger charge is -2.03. The average molecular weight is 233 g/mol. The maximum Gasteiger partial charge on any atom is 0.276 e. The third kappa shape index (κ3) is 2.50. The lowest BCUT2D eigenvalue weighted by atomic mass is 10.2. The summed E-state index contributed by atoms with van der Waals surface area (Å²) in [6, 6.07) is 5.74. The lowest BCUT2D eigenvalue weighted by Crippen LogP contribution is -2.14. The molecule has 0 fully saturated rings. The van der Waals surface area contributed by atoms with Gasteiger partial charge in [-0.2, -0.15) is 5.10 Å². The quantitative estimate of drug-likeness (QED) is 0.863. The molecule has 1 aromatic carbocycles. The van der Waals surface area contributed by atoms with Gasteiger partial charge in [0.25, 0.3) is 5.91 Å². The molecule has 17 heavy (non-hydrogen) atoms. The molecule has 0 atom stereocenters. The molecule has 0 radical (unpaired) electrons. The summed E-state index contributed by atoms with van der Waals surface area (Å²) in [4.78, 5) is 11.9. The number of nitrogens with one attached hydrogen (secondary N) is 1. The van der Waals surface area contributed by atoms with Crippen LogP contribution < -0.4 is 5.32 Å². The average Bonchev–Trinajstić information content (AvgIpc) is 2.58. The summed E-state index contributed by atoms with van der Waals surface area (Å²) in [5, 5.41) is 6.64. The molecular formula is C12H12FN3O. The molecule has 0 aliphatic rings. The van der Waals surface area contributed by atoms with E-state index >= 15 is 0 Å². The summed E-state index contributed by atoms with van der Waals surface area (Å²) in [5.41, 5.74) is 1.54. The molecule has 1 heterocycles. The third-order valence-electron chi connectivity index (χ3n) is 2.31. The Morgan fingerprint density at radius 3 is 2.82 bits per heavy atom. The number of anilines is 1. The molecule has 0 unspecified atom stereocenters. The van der Waals surface area contributed by atoms with Gasteiger partial charge in [0.15, 0.2) is 5.69 Å². The van der Waals surface area contributed by atoms with E-state index in [9.17, 15) is 9.18 Å². The summed E-state index contributed by atoms with van der Waals surface area (Å²) in [6.45, 7) is 1.80. The minimum absolute atomic E-state index is 0.339. The Kier molecular flexibility index (Phi) is 2.91. The van der Waals surface area contributed by atoms with Gasteiger partial charge in [-0.3, -0.25) is 9.48 Å². The molecule has 4 nitrogen and oxygen atoms in total. The molecule has 1 N–H and O–H groups in total. The molecule has 0 spiro atoms. The fourth-order valence-electron chi connectivity index (χ4n) is 1.59. The second kappa shape index (κ2) is 4.37. The first-order valence-electron chi connectivity index (χ1n) is 5.13. The van der Waals surface area contributed by atoms with E-state index in [0.717, 1.165) is 5.56 Å². The van der Waals surface area contributed by atoms with E-state index in [4.69, 9.17) is 0 Å². The van der Waals surface area contributed by atoms with E-state index in [1.165, 1.54) is 18.2 Å². The van der Waals surface area contributed by atoms with Crippen molar-refractivity contribution in [2.45, 2.75) is 6.92 Å². The Balaban J connectivity index is 2.20. The van der Waals surface area contributed by atoms with E-state index < -0.39 is 0 Å². The Morgan fingerprint density at radius 2 is 2.24 bits per heavy atom. The number of carbonyl (C=O) groups is 1. The first kappa shape index (κ1) is 11.3. The summed E-state index contributed by atoms with van der Waals surface area (Å²) >= 11 is 0. The topological polar surface area (TPSA) is 46.9 Å². The predicted octanol–water partition coefficient (Wildman–Crippen LogP) is 2.12. The van der Waals surface area contributed by atoms with Crippen LogP contribution in [0, 0.1) is 12.7 Å². The first-order valence-corrected chi connectivity index (χ1v) is 5.13. The maximum absolute atomic E-state index is 12.9. The van der Waals surface area contributed by atoms with E-state index in [0.29, 0.717) is 11.4 Å². The van der Waals surface area contributed by atoms with Crippen LogP contribution in [-0.4, -0.2) is 15.7 Å². The van der Waals surface area contributed by atoms with Crippen LogP contribution in [-0.2, 0) is 7.05 Å². The van der Waals surface area contributed by atoms with Crippen LogP contribution in [0.4, 0.5) is 10.1 Å². The zero-order valence-corrected chi connectivity index (χ0v) is 9.57. The van der Waals surface area contributed by atoms with Gasteiger partial charge in [-0.1, -0.05) is 6.07 Å². The predicted molar refractivity (Wildman–Crippen MR) is 62.3 cm³/mol. The summed E-state index contributed by atoms with van der Waals surface area (Å²) < 4.78 is 14.5. The number of aryl methyl sites for hydroxylation is 2. The summed E-state index contributed by atoms with van der Waals surface area (Å²) in [5.74, 6) is -0.728. The smallest absolute Gasteiger partial charge is 0.276 e. The summed E-state index contributed by atoms with van der Waals surface area (Å²) in [7, 11) is 1.74. The van der Waals surface area contributed by atoms with E-state index in [1.54, 1.807) is 30.9 Å². The molecule has 5 heteroatoms. The van der Waals surface area contributed by atoms with E-state index in [1.807, 2.05) is 0 Å². The molecule has 1 amide bonds. The number of benzene rings is 1. The molecule has 0 saturated carbocycles. The molecule has 0 aliphatic heterocycles. The van der Waals surface area contributed by atoms with Gasteiger partial charge in [0.2, 0.25) is 0 Å². The molecule has 1 aromatic heterocycles. The highest BCUT2D eigenvalue weighted by molar-refractivity contribution is 6.03. The minimum Gasteiger partial charge on any atom is -0.320 e. The fourth-order valence-corrected chi connectivity index (χ4v) is 1.59. The zero-order chi connectivity index (χ0) is 12.4. The monoisotopic (exact) mass is 233 g/mol. The fraction of sp³-hybridized carbons (Fsp3) is 0.167. The first-order chi connectivity index (χ1) is 8.06. The van der Waals surface area contributed by atoms with Crippen molar-refractivity contribution in [2.24, 2.45) is 7.05 Å². The molecular weight excluding hydrogens is 221 g/mol. The number of carbonyl (C=O) groups excluding carboxylic acids is 1. The van der Waals surface area contributed by atoms with Crippen LogP contribution >= 0.6 is 0 Å². The lowest BCUT2D eigenvalue weighted by molar-refractivity contribution is 0.102. The SMILES string of the molecule is Cc1cn(C)nc1C(=O)Nc1cccc(F)c1. The van der Waals surface area contributed by atoms with Gasteiger partial charge in [-0.15, -0.1) is 0 Å². The number of halogens is 1. The Bertz CT molecular complexity index is 563. The summed E-state index contributed by atoms with van der Waals surface area (Å²) in [6.07, 6.45) is 1.75. The number of hydrogen-bond acceptors (Lipinski definition) is 2. The highest BCUT2D eigenvalue weighted by Gasteiger charge is 2.13. The normalized spacial score (nSPS) is 10.3. The van der Waals surface area contributed by atoms with Gasteiger partial charge in [-0.25, -0.2) is 4.39 Å². The highest BCUT2D eigenvalue weighted by atomic mass is 19.1. The van der Waals surface area contributed by atoms with Crippen molar-refractivity contribution in [1.82, 2.24) is 9.78 Å². The van der Waals surface area contributed by atoms with Crippen molar-refractivity contribution in [2.75, 3.05) is 5.32 Å². The number of aromatic nitrogens is 2. The zero-order valence-electron chi connectivity index (χ0n) is 9.57. The second-order valence-electron chi connectivity index (χ2n) is 3.80. The van der Waals surface area contributed by atoms with Gasteiger partial charge in [-0.05, 0) is 25.1 Å². The van der Waals surface area contributed by atoms with Crippen LogP contribution in [0.1, 0.15) is 16.1 Å². The Morgan fingerprint density at radius 1 is 1.47 bits per heavy atom. The van der Waals surface area contributed by atoms with Crippen molar-refractivity contribution in [1.29, 1.82) is 0 Å². The molecule has 0 bridgehead atoms. The van der Waals surface area contributed by atoms with Crippen LogP contribution in [0.3, 0.4) is 0 Å². The van der Waals surface area contributed by atoms with Crippen LogP contribution in [0.2, 0.25) is 0 Å². The molecule has 2 rings (SSSR count). The van der Waals surface area contributed by atoms with Gasteiger partial charge in [0.1, 0.15) is 5.82 Å². The Labute approximate surface area is 98.1 Å². The van der Waals surface area contributed by atoms with Crippen molar-refractivity contribution in [3.05, 3.63) is 47.5 Å². The molecule has 2 aromatic rings. The second-order valence-corrected chi connectivity index (χ2v) is 3.80.